The minimum Gasteiger partial charge on any atom is -0.478 e. The van der Waals surface area contributed by atoms with Crippen LogP contribution in [0.15, 0.2) is 36.7 Å². The van der Waals surface area contributed by atoms with E-state index in [-0.39, 0.29) is 5.91 Å². The van der Waals surface area contributed by atoms with Crippen molar-refractivity contribution in [3.05, 3.63) is 64.9 Å². The van der Waals surface area contributed by atoms with E-state index in [0.29, 0.717) is 30.8 Å². The number of aromatic amines is 1. The molecule has 32 heavy (non-hydrogen) atoms. The van der Waals surface area contributed by atoms with Gasteiger partial charge in [0.15, 0.2) is 0 Å². The van der Waals surface area contributed by atoms with Crippen LogP contribution in [-0.4, -0.2) is 54.0 Å². The topological polar surface area (TPSA) is 152 Å². The molecule has 4 rings (SSSR count). The molecule has 2 aromatic heterocycles. The normalized spacial score (nSPS) is 12.9. The summed E-state index contributed by atoms with van der Waals surface area (Å²) in [5.74, 6) is -2.50. The van der Waals surface area contributed by atoms with Crippen molar-refractivity contribution in [2.24, 2.45) is 7.05 Å². The van der Waals surface area contributed by atoms with Crippen molar-refractivity contribution in [1.29, 1.82) is 5.26 Å². The van der Waals surface area contributed by atoms with Crippen molar-refractivity contribution in [3.63, 3.8) is 0 Å². The highest BCUT2D eigenvalue weighted by Gasteiger charge is 2.31. The molecular formula is C22H21N5O5. The first-order valence-electron chi connectivity index (χ1n) is 9.67. The van der Waals surface area contributed by atoms with Crippen molar-refractivity contribution in [2.45, 2.75) is 19.9 Å². The number of hydrogen-bond donors (Lipinski definition) is 3. The first-order chi connectivity index (χ1) is 15.2. The third-order valence-corrected chi connectivity index (χ3v) is 5.22. The van der Waals surface area contributed by atoms with Gasteiger partial charge in [-0.15, -0.1) is 0 Å². The van der Waals surface area contributed by atoms with Crippen LogP contribution in [0.2, 0.25) is 0 Å². The van der Waals surface area contributed by atoms with E-state index in [1.54, 1.807) is 12.4 Å². The van der Waals surface area contributed by atoms with Gasteiger partial charge in [0.05, 0.1) is 35.2 Å². The van der Waals surface area contributed by atoms with Crippen molar-refractivity contribution >= 4 is 28.7 Å². The van der Waals surface area contributed by atoms with E-state index in [1.807, 2.05) is 35.6 Å². The third-order valence-electron chi connectivity index (χ3n) is 5.22. The number of carboxylic acid groups (broad SMARTS) is 2. The summed E-state index contributed by atoms with van der Waals surface area (Å²) in [7, 11) is 1.93. The number of carbonyl (C=O) groups is 3. The quantitative estimate of drug-likeness (QED) is 0.530. The van der Waals surface area contributed by atoms with Crippen LogP contribution < -0.4 is 0 Å². The summed E-state index contributed by atoms with van der Waals surface area (Å²) in [4.78, 5) is 41.4. The zero-order valence-corrected chi connectivity index (χ0v) is 17.5. The molecule has 0 unspecified atom stereocenters. The van der Waals surface area contributed by atoms with Gasteiger partial charge in [-0.3, -0.25) is 4.79 Å². The molecule has 0 fully saturated rings. The highest BCUT2D eigenvalue weighted by atomic mass is 16.4. The summed E-state index contributed by atoms with van der Waals surface area (Å²) < 4.78 is 2.00. The average Bonchev–Trinajstić information content (AvgIpc) is 3.30. The Hall–Kier alpha value is -4.39. The molecule has 1 aliphatic rings. The number of imidazole rings is 1. The van der Waals surface area contributed by atoms with Gasteiger partial charge in [-0.2, -0.15) is 5.26 Å². The Bertz CT molecular complexity index is 1260. The molecule has 10 nitrogen and oxygen atoms in total. The highest BCUT2D eigenvalue weighted by Crippen LogP contribution is 2.32. The van der Waals surface area contributed by atoms with E-state index in [0.717, 1.165) is 40.0 Å². The number of rotatable bonds is 4. The Morgan fingerprint density at radius 3 is 2.53 bits per heavy atom. The molecule has 0 radical (unpaired) electrons. The van der Waals surface area contributed by atoms with E-state index in [4.69, 9.17) is 10.2 Å². The van der Waals surface area contributed by atoms with Crippen LogP contribution in [-0.2, 0) is 29.6 Å². The number of carbonyl (C=O) groups excluding carboxylic acids is 1. The largest absolute Gasteiger partial charge is 0.478 e. The predicted molar refractivity (Wildman–Crippen MR) is 114 cm³/mol. The Labute approximate surface area is 183 Å². The van der Waals surface area contributed by atoms with Crippen LogP contribution in [0.4, 0.5) is 0 Å². The first-order valence-corrected chi connectivity index (χ1v) is 9.67. The van der Waals surface area contributed by atoms with Gasteiger partial charge in [0.2, 0.25) is 0 Å². The number of aromatic nitrogens is 3. The number of fused-ring (bicyclic) bond motifs is 3. The van der Waals surface area contributed by atoms with E-state index < -0.39 is 11.9 Å². The zero-order chi connectivity index (χ0) is 23.4. The second kappa shape index (κ2) is 9.18. The molecule has 0 bridgehead atoms. The van der Waals surface area contributed by atoms with Crippen molar-refractivity contribution in [3.8, 4) is 6.07 Å². The Kier molecular flexibility index (Phi) is 6.39. The van der Waals surface area contributed by atoms with Crippen LogP contribution in [0.25, 0.3) is 10.9 Å². The summed E-state index contributed by atoms with van der Waals surface area (Å²) in [6, 6.07) is 7.79. The Morgan fingerprint density at radius 2 is 1.97 bits per heavy atom. The lowest BCUT2D eigenvalue weighted by Gasteiger charge is -2.27. The minimum atomic E-state index is -1.26. The van der Waals surface area contributed by atoms with Crippen molar-refractivity contribution in [2.75, 3.05) is 6.54 Å². The summed E-state index contributed by atoms with van der Waals surface area (Å²) >= 11 is 0. The highest BCUT2D eigenvalue weighted by molar-refractivity contribution is 6.10. The second-order valence-electron chi connectivity index (χ2n) is 7.16. The molecule has 10 heteroatoms. The van der Waals surface area contributed by atoms with Crippen LogP contribution in [0.5, 0.6) is 0 Å². The number of aryl methyl sites for hydroxylation is 2. The van der Waals surface area contributed by atoms with E-state index >= 15 is 0 Å². The predicted octanol–water partition coefficient (Wildman–Crippen LogP) is 1.99. The van der Waals surface area contributed by atoms with Crippen LogP contribution in [0.1, 0.15) is 33.0 Å². The van der Waals surface area contributed by atoms with E-state index in [9.17, 15) is 19.6 Å². The second-order valence-corrected chi connectivity index (χ2v) is 7.16. The number of nitrogens with one attached hydrogen (secondary N) is 1. The summed E-state index contributed by atoms with van der Waals surface area (Å²) in [5.41, 5.74) is 5.06. The minimum absolute atomic E-state index is 0.0133. The fourth-order valence-electron chi connectivity index (χ4n) is 3.71. The van der Waals surface area contributed by atoms with Gasteiger partial charge in [0.25, 0.3) is 5.91 Å². The molecule has 1 amide bonds. The standard InChI is InChI=1S/C18H17N5O.C4H4O4/c1-11-14(21-10-20-11)9-23-7-6-15-16(18(23)24)13-5-3-4-12(8-19)17(13)22(15)2;5-3(6)1-2-4(7)8/h3-5,10H,6-7,9H2,1-2H3,(H,20,21);1-2H,(H,5,6)(H,7,8). The van der Waals surface area contributed by atoms with Gasteiger partial charge >= 0.3 is 11.9 Å². The van der Waals surface area contributed by atoms with Crippen LogP contribution in [0, 0.1) is 18.3 Å². The summed E-state index contributed by atoms with van der Waals surface area (Å²) in [6.45, 7) is 3.12. The fourth-order valence-corrected chi connectivity index (χ4v) is 3.71. The Balaban J connectivity index is 0.000000312. The summed E-state index contributed by atoms with van der Waals surface area (Å²) in [6.07, 6.45) is 3.55. The number of H-pyrrole nitrogens is 1. The first kappa shape index (κ1) is 22.3. The number of benzene rings is 1. The molecule has 164 valence electrons. The molecule has 1 aliphatic heterocycles. The summed E-state index contributed by atoms with van der Waals surface area (Å²) in [5, 5.41) is 25.9. The number of carboxylic acids is 2. The molecule has 0 saturated heterocycles. The maximum absolute atomic E-state index is 13.1. The molecule has 0 saturated carbocycles. The van der Waals surface area contributed by atoms with Crippen LogP contribution in [0.3, 0.4) is 0 Å². The van der Waals surface area contributed by atoms with Gasteiger partial charge in [-0.25, -0.2) is 14.6 Å². The SMILES string of the molecule is Cc1[nH]cnc1CN1CCc2c(c3cccc(C#N)c3n2C)C1=O.O=C(O)C=CC(=O)O. The fraction of sp³-hybridized carbons (Fsp3) is 0.227. The number of nitriles is 1. The van der Waals surface area contributed by atoms with Crippen molar-refractivity contribution in [1.82, 2.24) is 19.4 Å². The lowest BCUT2D eigenvalue weighted by atomic mass is 10.0. The molecule has 0 spiro atoms. The number of amides is 1. The Morgan fingerprint density at radius 1 is 1.28 bits per heavy atom. The molecule has 0 aliphatic carbocycles. The van der Waals surface area contributed by atoms with Gasteiger partial charge in [-0.05, 0) is 13.0 Å². The monoisotopic (exact) mass is 435 g/mol. The third kappa shape index (κ3) is 4.37. The molecule has 1 aromatic carbocycles. The number of hydrogen-bond acceptors (Lipinski definition) is 5. The van der Waals surface area contributed by atoms with Gasteiger partial charge in [0, 0.05) is 48.9 Å². The maximum Gasteiger partial charge on any atom is 0.328 e. The molecular weight excluding hydrogens is 414 g/mol. The average molecular weight is 435 g/mol. The lowest BCUT2D eigenvalue weighted by Crippen LogP contribution is -2.37. The van der Waals surface area contributed by atoms with Crippen molar-refractivity contribution < 1.29 is 24.6 Å². The number of para-hydroxylation sites is 1. The number of nitrogens with zero attached hydrogens (tertiary/aromatic N) is 4. The molecule has 3 heterocycles. The van der Waals surface area contributed by atoms with Gasteiger partial charge < -0.3 is 24.7 Å². The molecule has 0 atom stereocenters. The smallest absolute Gasteiger partial charge is 0.328 e. The van der Waals surface area contributed by atoms with E-state index in [1.165, 1.54) is 0 Å². The van der Waals surface area contributed by atoms with E-state index in [2.05, 4.69) is 16.0 Å². The molecule has 3 aromatic rings. The van der Waals surface area contributed by atoms with Gasteiger partial charge in [-0.1, -0.05) is 12.1 Å². The van der Waals surface area contributed by atoms with Gasteiger partial charge in [0.1, 0.15) is 6.07 Å². The van der Waals surface area contributed by atoms with Crippen LogP contribution >= 0.6 is 0 Å². The lowest BCUT2D eigenvalue weighted by molar-refractivity contribution is -0.134. The maximum atomic E-state index is 13.1. The number of aliphatic carboxylic acids is 2. The molecule has 3 N–H and O–H groups in total. The zero-order valence-electron chi connectivity index (χ0n) is 17.5.